The maximum atomic E-state index is 12.6. The lowest BCUT2D eigenvalue weighted by Gasteiger charge is -2.13. The first-order valence-corrected chi connectivity index (χ1v) is 7.02. The van der Waals surface area contributed by atoms with Gasteiger partial charge in [-0.05, 0) is 12.1 Å². The Morgan fingerprint density at radius 1 is 1.39 bits per heavy atom. The fourth-order valence-electron chi connectivity index (χ4n) is 1.49. The van der Waals surface area contributed by atoms with Gasteiger partial charge in [-0.1, -0.05) is 42.7 Å². The van der Waals surface area contributed by atoms with Crippen molar-refractivity contribution in [3.05, 3.63) is 35.4 Å². The van der Waals surface area contributed by atoms with Gasteiger partial charge in [0.2, 0.25) is 0 Å². The van der Waals surface area contributed by atoms with Crippen molar-refractivity contribution in [2.45, 2.75) is 32.2 Å². The Labute approximate surface area is 144 Å². The monoisotopic (exact) mass is 374 g/mol. The van der Waals surface area contributed by atoms with E-state index in [0.29, 0.717) is 6.54 Å². The minimum Gasteiger partial charge on any atom is -0.392 e. The van der Waals surface area contributed by atoms with Crippen LogP contribution in [0.1, 0.15) is 25.0 Å². The number of benzene rings is 1. The first kappa shape index (κ1) is 22.0. The number of hydrogen-bond acceptors (Lipinski definition) is 4. The van der Waals surface area contributed by atoms with Crippen LogP contribution in [0.5, 0.6) is 0 Å². The van der Waals surface area contributed by atoms with Crippen molar-refractivity contribution in [1.29, 1.82) is 0 Å². The van der Waals surface area contributed by atoms with Crippen LogP contribution in [0.25, 0.3) is 0 Å². The van der Waals surface area contributed by atoms with E-state index >= 15 is 0 Å². The molecule has 23 heavy (non-hydrogen) atoms. The van der Waals surface area contributed by atoms with Gasteiger partial charge >= 0.3 is 6.18 Å². The van der Waals surface area contributed by atoms with Gasteiger partial charge in [-0.25, -0.2) is 0 Å². The molecule has 0 spiro atoms. The maximum Gasteiger partial charge on any atom is 0.416 e. The number of aliphatic hydroxyl groups excluding tert-OH is 1. The maximum absolute atomic E-state index is 12.6. The average Bonchev–Trinajstić information content (AvgIpc) is 2.44. The molecule has 132 valence electrons. The summed E-state index contributed by atoms with van der Waals surface area (Å²) in [4.78, 5) is 4.85. The summed E-state index contributed by atoms with van der Waals surface area (Å²) in [6, 6.07) is 4.66. The number of oxime groups is 1. The second kappa shape index (κ2) is 9.97. The van der Waals surface area contributed by atoms with E-state index in [4.69, 9.17) is 16.4 Å². The molecule has 1 atom stereocenters. The third kappa shape index (κ3) is 8.41. The first-order valence-electron chi connectivity index (χ1n) is 6.64. The van der Waals surface area contributed by atoms with Gasteiger partial charge in [-0.3, -0.25) is 0 Å². The van der Waals surface area contributed by atoms with E-state index in [-0.39, 0.29) is 35.8 Å². The van der Waals surface area contributed by atoms with Crippen molar-refractivity contribution >= 4 is 29.2 Å². The normalized spacial score (nSPS) is 13.7. The zero-order chi connectivity index (χ0) is 16.8. The highest BCUT2D eigenvalue weighted by Gasteiger charge is 2.30. The van der Waals surface area contributed by atoms with Crippen LogP contribution in [0, 0.1) is 0 Å². The zero-order valence-electron chi connectivity index (χ0n) is 12.6. The topological polar surface area (TPSA) is 53.8 Å². The van der Waals surface area contributed by atoms with Crippen molar-refractivity contribution < 1.29 is 23.1 Å². The quantitative estimate of drug-likeness (QED) is 0.567. The summed E-state index contributed by atoms with van der Waals surface area (Å²) in [5.41, 5.74) is -0.731. The molecule has 1 unspecified atom stereocenters. The van der Waals surface area contributed by atoms with Crippen LogP contribution >= 0.6 is 24.0 Å². The molecule has 0 fully saturated rings. The van der Waals surface area contributed by atoms with E-state index in [1.54, 1.807) is 0 Å². The minimum absolute atomic E-state index is 0. The molecule has 0 heterocycles. The Morgan fingerprint density at radius 3 is 2.61 bits per heavy atom. The molecule has 0 saturated carbocycles. The lowest BCUT2D eigenvalue weighted by atomic mass is 10.1. The lowest BCUT2D eigenvalue weighted by Crippen LogP contribution is -2.34. The molecular weight excluding hydrogens is 356 g/mol. The molecule has 2 N–H and O–H groups in total. The van der Waals surface area contributed by atoms with E-state index < -0.39 is 17.8 Å². The number of nitrogens with one attached hydrogen (secondary N) is 1. The van der Waals surface area contributed by atoms with Gasteiger partial charge in [0, 0.05) is 18.2 Å². The molecule has 1 aromatic rings. The summed E-state index contributed by atoms with van der Waals surface area (Å²) in [6.07, 6.45) is -5.25. The molecule has 0 radical (unpaired) electrons. The molecule has 0 aliphatic rings. The van der Waals surface area contributed by atoms with Crippen LogP contribution in [-0.2, 0) is 11.0 Å². The molecule has 0 saturated heterocycles. The van der Waals surface area contributed by atoms with Gasteiger partial charge in [-0.2, -0.15) is 13.2 Å². The average molecular weight is 375 g/mol. The largest absolute Gasteiger partial charge is 0.416 e. The predicted molar refractivity (Wildman–Crippen MR) is 86.2 cm³/mol. The molecule has 0 aliphatic heterocycles. The third-order valence-electron chi connectivity index (χ3n) is 2.60. The second-order valence-corrected chi connectivity index (χ2v) is 5.33. The summed E-state index contributed by atoms with van der Waals surface area (Å²) in [5, 5.41) is 15.9. The van der Waals surface area contributed by atoms with Crippen LogP contribution in [-0.4, -0.2) is 35.6 Å². The van der Waals surface area contributed by atoms with Crippen molar-refractivity contribution in [3.8, 4) is 0 Å². The van der Waals surface area contributed by atoms with Gasteiger partial charge in [0.25, 0.3) is 0 Å². The zero-order valence-corrected chi connectivity index (χ0v) is 14.2. The number of nitrogens with zero attached hydrogens (tertiary/aromatic N) is 1. The van der Waals surface area contributed by atoms with Gasteiger partial charge in [0.15, 0.2) is 5.17 Å². The highest BCUT2D eigenvalue weighted by Crippen LogP contribution is 2.29. The highest BCUT2D eigenvalue weighted by molar-refractivity contribution is 6.69. The molecule has 9 heteroatoms. The molecule has 1 aromatic carbocycles. The number of aliphatic hydroxyl groups is 1. The SMILES string of the molecule is CC(C)NCC(O)CON=C(Cl)c1cccc(C(F)(F)F)c1.Cl. The van der Waals surface area contributed by atoms with Crippen LogP contribution < -0.4 is 5.32 Å². The number of hydrogen-bond donors (Lipinski definition) is 2. The van der Waals surface area contributed by atoms with E-state index in [2.05, 4.69) is 10.5 Å². The van der Waals surface area contributed by atoms with Crippen LogP contribution in [0.3, 0.4) is 0 Å². The summed E-state index contributed by atoms with van der Waals surface area (Å²) < 4.78 is 37.8. The van der Waals surface area contributed by atoms with Crippen LogP contribution in [0.15, 0.2) is 29.4 Å². The third-order valence-corrected chi connectivity index (χ3v) is 2.89. The van der Waals surface area contributed by atoms with Crippen molar-refractivity contribution in [2.24, 2.45) is 5.16 Å². The van der Waals surface area contributed by atoms with Gasteiger partial charge in [0.1, 0.15) is 12.7 Å². The number of halogens is 5. The fraction of sp³-hybridized carbons (Fsp3) is 0.500. The Bertz CT molecular complexity index is 511. The molecule has 0 amide bonds. The van der Waals surface area contributed by atoms with Crippen molar-refractivity contribution in [1.82, 2.24) is 5.32 Å². The Balaban J connectivity index is 0.00000484. The van der Waals surface area contributed by atoms with Gasteiger partial charge in [-0.15, -0.1) is 12.4 Å². The predicted octanol–water partition coefficient (Wildman–Crippen LogP) is 3.40. The summed E-state index contributed by atoms with van der Waals surface area (Å²) in [7, 11) is 0. The molecule has 0 aromatic heterocycles. The van der Waals surface area contributed by atoms with E-state index in [9.17, 15) is 18.3 Å². The second-order valence-electron chi connectivity index (χ2n) is 4.97. The smallest absolute Gasteiger partial charge is 0.392 e. The molecule has 4 nitrogen and oxygen atoms in total. The van der Waals surface area contributed by atoms with E-state index in [0.717, 1.165) is 12.1 Å². The summed E-state index contributed by atoms with van der Waals surface area (Å²) in [5.74, 6) is 0. The lowest BCUT2D eigenvalue weighted by molar-refractivity contribution is -0.137. The fourth-order valence-corrected chi connectivity index (χ4v) is 1.65. The summed E-state index contributed by atoms with van der Waals surface area (Å²) >= 11 is 5.80. The summed E-state index contributed by atoms with van der Waals surface area (Å²) in [6.45, 7) is 4.05. The molecular formula is C14H19Cl2F3N2O2. The number of rotatable bonds is 7. The van der Waals surface area contributed by atoms with E-state index in [1.165, 1.54) is 12.1 Å². The number of alkyl halides is 3. The van der Waals surface area contributed by atoms with Gasteiger partial charge < -0.3 is 15.3 Å². The van der Waals surface area contributed by atoms with Gasteiger partial charge in [0.05, 0.1) is 5.56 Å². The Kier molecular flexibility index (Phi) is 9.53. The molecule has 0 aliphatic carbocycles. The Morgan fingerprint density at radius 2 is 2.04 bits per heavy atom. The van der Waals surface area contributed by atoms with Crippen molar-refractivity contribution in [2.75, 3.05) is 13.2 Å². The van der Waals surface area contributed by atoms with Crippen LogP contribution in [0.4, 0.5) is 13.2 Å². The first-order chi connectivity index (χ1) is 10.2. The highest BCUT2D eigenvalue weighted by atomic mass is 35.5. The molecule has 1 rings (SSSR count). The Hall–Kier alpha value is -1.02. The van der Waals surface area contributed by atoms with Crippen LogP contribution in [0.2, 0.25) is 0 Å². The van der Waals surface area contributed by atoms with Crippen molar-refractivity contribution in [3.63, 3.8) is 0 Å². The van der Waals surface area contributed by atoms with E-state index in [1.807, 2.05) is 13.8 Å². The standard InChI is InChI=1S/C14H18ClF3N2O2.ClH/c1-9(2)19-7-12(21)8-22-20-13(15)10-4-3-5-11(6-10)14(16,17)18;/h3-6,9,12,19,21H,7-8H2,1-2H3;1H. The minimum atomic E-state index is -4.45. The molecule has 0 bridgehead atoms.